The minimum atomic E-state index is 0.252. The molecule has 1 N–H and O–H groups in total. The van der Waals surface area contributed by atoms with E-state index in [1.54, 1.807) is 0 Å². The number of fused-ring (bicyclic) bond motifs is 1. The molecule has 0 unspecified atom stereocenters. The van der Waals surface area contributed by atoms with Gasteiger partial charge in [-0.1, -0.05) is 19.3 Å². The molecule has 3 rings (SSSR count). The van der Waals surface area contributed by atoms with Crippen LogP contribution >= 0.6 is 11.8 Å². The van der Waals surface area contributed by atoms with Crippen molar-refractivity contribution in [3.63, 3.8) is 0 Å². The minimum absolute atomic E-state index is 0.252. The molecule has 0 bridgehead atoms. The van der Waals surface area contributed by atoms with Crippen LogP contribution in [0.5, 0.6) is 0 Å². The molecule has 0 radical (unpaired) electrons. The number of nitrogens with one attached hydrogen (secondary N) is 1. The monoisotopic (exact) mass is 224 g/mol. The summed E-state index contributed by atoms with van der Waals surface area (Å²) in [4.78, 5) is 12.1. The summed E-state index contributed by atoms with van der Waals surface area (Å²) >= 11 is 1.83. The van der Waals surface area contributed by atoms with Crippen LogP contribution < -0.4 is 5.56 Å². The molecular formula is C11H16N2OS. The van der Waals surface area contributed by atoms with Crippen LogP contribution in [-0.4, -0.2) is 9.78 Å². The quantitative estimate of drug-likeness (QED) is 0.795. The van der Waals surface area contributed by atoms with Crippen molar-refractivity contribution in [1.82, 2.24) is 9.78 Å². The van der Waals surface area contributed by atoms with Crippen LogP contribution in [0.3, 0.4) is 0 Å². The molecule has 1 aromatic rings. The predicted octanol–water partition coefficient (Wildman–Crippen LogP) is 2.43. The maximum Gasteiger partial charge on any atom is 0.271 e. The van der Waals surface area contributed by atoms with Crippen molar-refractivity contribution in [2.75, 3.05) is 0 Å². The zero-order valence-corrected chi connectivity index (χ0v) is 9.61. The number of nitrogens with zero attached hydrogens (tertiary/aromatic N) is 1. The van der Waals surface area contributed by atoms with Gasteiger partial charge in [0.2, 0.25) is 0 Å². The van der Waals surface area contributed by atoms with Crippen molar-refractivity contribution in [3.05, 3.63) is 21.6 Å². The first-order valence-corrected chi connectivity index (χ1v) is 6.92. The number of aromatic nitrogens is 2. The van der Waals surface area contributed by atoms with Crippen LogP contribution in [-0.2, 0) is 11.5 Å². The predicted molar refractivity (Wildman–Crippen MR) is 62.2 cm³/mol. The number of aromatic amines is 1. The average molecular weight is 224 g/mol. The van der Waals surface area contributed by atoms with Gasteiger partial charge in [-0.3, -0.25) is 9.89 Å². The molecule has 82 valence electrons. The summed E-state index contributed by atoms with van der Waals surface area (Å²) < 4.78 is 1.91. The van der Waals surface area contributed by atoms with Crippen molar-refractivity contribution >= 4 is 11.8 Å². The highest BCUT2D eigenvalue weighted by atomic mass is 32.2. The van der Waals surface area contributed by atoms with Crippen molar-refractivity contribution in [3.8, 4) is 0 Å². The van der Waals surface area contributed by atoms with Crippen LogP contribution in [0.25, 0.3) is 0 Å². The van der Waals surface area contributed by atoms with E-state index in [9.17, 15) is 4.79 Å². The lowest BCUT2D eigenvalue weighted by atomic mass is 9.96. The molecule has 0 atom stereocenters. The third kappa shape index (κ3) is 1.55. The highest BCUT2D eigenvalue weighted by Gasteiger charge is 2.24. The Kier molecular flexibility index (Phi) is 2.39. The van der Waals surface area contributed by atoms with Gasteiger partial charge in [0, 0.05) is 11.5 Å². The minimum Gasteiger partial charge on any atom is -0.298 e. The van der Waals surface area contributed by atoms with E-state index in [4.69, 9.17) is 0 Å². The Morgan fingerprint density at radius 2 is 2.00 bits per heavy atom. The number of rotatable bonds is 1. The summed E-state index contributed by atoms with van der Waals surface area (Å²) in [5.74, 6) is 1.90. The standard InChI is InChI=1S/C11H16N2OS/c14-11-9-6-15-7-10(9)12-13(11)8-4-2-1-3-5-8/h8,12H,1-7H2. The molecule has 1 aliphatic carbocycles. The second-order valence-electron chi connectivity index (χ2n) is 4.53. The van der Waals surface area contributed by atoms with Gasteiger partial charge in [-0.15, -0.1) is 0 Å². The summed E-state index contributed by atoms with van der Waals surface area (Å²) in [6.07, 6.45) is 6.23. The second-order valence-corrected chi connectivity index (χ2v) is 5.51. The molecule has 0 spiro atoms. The SMILES string of the molecule is O=c1c2c([nH]n1C1CCCCC1)CSC2. The van der Waals surface area contributed by atoms with Crippen molar-refractivity contribution in [2.24, 2.45) is 0 Å². The highest BCUT2D eigenvalue weighted by Crippen LogP contribution is 2.30. The van der Waals surface area contributed by atoms with E-state index in [0.717, 1.165) is 17.1 Å². The molecule has 1 aliphatic heterocycles. The molecule has 2 heterocycles. The van der Waals surface area contributed by atoms with Gasteiger partial charge < -0.3 is 0 Å². The Labute approximate surface area is 93.2 Å². The van der Waals surface area contributed by atoms with Crippen molar-refractivity contribution < 1.29 is 0 Å². The summed E-state index contributed by atoms with van der Waals surface area (Å²) in [5, 5.41) is 3.31. The van der Waals surface area contributed by atoms with Gasteiger partial charge in [-0.25, -0.2) is 4.68 Å². The molecule has 3 nitrogen and oxygen atoms in total. The highest BCUT2D eigenvalue weighted by molar-refractivity contribution is 7.98. The normalized spacial score (nSPS) is 21.9. The molecule has 2 aliphatic rings. The van der Waals surface area contributed by atoms with Crippen LogP contribution in [0.2, 0.25) is 0 Å². The Bertz CT molecular complexity index is 415. The van der Waals surface area contributed by atoms with Crippen molar-refractivity contribution in [2.45, 2.75) is 49.7 Å². The summed E-state index contributed by atoms with van der Waals surface area (Å²) in [7, 11) is 0. The Hall–Kier alpha value is -0.640. The van der Waals surface area contributed by atoms with E-state index in [0.29, 0.717) is 6.04 Å². The number of hydrogen-bond acceptors (Lipinski definition) is 2. The first kappa shape index (κ1) is 9.58. The molecular weight excluding hydrogens is 208 g/mol. The first-order valence-electron chi connectivity index (χ1n) is 5.76. The third-order valence-electron chi connectivity index (χ3n) is 3.53. The summed E-state index contributed by atoms with van der Waals surface area (Å²) in [6.45, 7) is 0. The molecule has 1 saturated carbocycles. The lowest BCUT2D eigenvalue weighted by Gasteiger charge is -2.22. The van der Waals surface area contributed by atoms with E-state index < -0.39 is 0 Å². The van der Waals surface area contributed by atoms with E-state index in [-0.39, 0.29) is 5.56 Å². The number of thioether (sulfide) groups is 1. The smallest absolute Gasteiger partial charge is 0.271 e. The molecule has 1 fully saturated rings. The van der Waals surface area contributed by atoms with Crippen LogP contribution in [0.15, 0.2) is 4.79 Å². The Balaban J connectivity index is 1.95. The zero-order chi connectivity index (χ0) is 10.3. The van der Waals surface area contributed by atoms with Gasteiger partial charge in [0.1, 0.15) is 0 Å². The molecule has 0 aromatic carbocycles. The van der Waals surface area contributed by atoms with Crippen LogP contribution in [0.1, 0.15) is 49.4 Å². The van der Waals surface area contributed by atoms with Gasteiger partial charge in [0.05, 0.1) is 17.3 Å². The molecule has 15 heavy (non-hydrogen) atoms. The van der Waals surface area contributed by atoms with Crippen LogP contribution in [0, 0.1) is 0 Å². The fourth-order valence-electron chi connectivity index (χ4n) is 2.66. The largest absolute Gasteiger partial charge is 0.298 e. The van der Waals surface area contributed by atoms with Gasteiger partial charge in [-0.05, 0) is 12.8 Å². The van der Waals surface area contributed by atoms with Gasteiger partial charge in [0.15, 0.2) is 0 Å². The topological polar surface area (TPSA) is 37.8 Å². The van der Waals surface area contributed by atoms with E-state index in [1.165, 1.54) is 37.8 Å². The van der Waals surface area contributed by atoms with Gasteiger partial charge in [0.25, 0.3) is 5.56 Å². The van der Waals surface area contributed by atoms with E-state index in [1.807, 2.05) is 16.4 Å². The number of hydrogen-bond donors (Lipinski definition) is 1. The van der Waals surface area contributed by atoms with Gasteiger partial charge >= 0.3 is 0 Å². The Morgan fingerprint density at radius 1 is 1.20 bits per heavy atom. The summed E-state index contributed by atoms with van der Waals surface area (Å²) in [6, 6.07) is 0.446. The molecule has 0 saturated heterocycles. The first-order chi connectivity index (χ1) is 7.36. The fraction of sp³-hybridized carbons (Fsp3) is 0.727. The zero-order valence-electron chi connectivity index (χ0n) is 8.79. The second kappa shape index (κ2) is 3.74. The van der Waals surface area contributed by atoms with Crippen LogP contribution in [0.4, 0.5) is 0 Å². The average Bonchev–Trinajstić information content (AvgIpc) is 2.83. The Morgan fingerprint density at radius 3 is 2.73 bits per heavy atom. The lowest BCUT2D eigenvalue weighted by Crippen LogP contribution is -2.25. The molecule has 0 amide bonds. The fourth-order valence-corrected chi connectivity index (χ4v) is 3.70. The molecule has 4 heteroatoms. The third-order valence-corrected chi connectivity index (χ3v) is 4.51. The summed E-state index contributed by atoms with van der Waals surface area (Å²) in [5.41, 5.74) is 2.46. The lowest BCUT2D eigenvalue weighted by molar-refractivity contribution is 0.322. The maximum atomic E-state index is 12.1. The van der Waals surface area contributed by atoms with Crippen molar-refractivity contribution in [1.29, 1.82) is 0 Å². The van der Waals surface area contributed by atoms with E-state index >= 15 is 0 Å². The van der Waals surface area contributed by atoms with E-state index in [2.05, 4.69) is 5.10 Å². The number of H-pyrrole nitrogens is 1. The van der Waals surface area contributed by atoms with Gasteiger partial charge in [-0.2, -0.15) is 11.8 Å². The molecule has 1 aromatic heterocycles. The maximum absolute atomic E-state index is 12.1.